The second kappa shape index (κ2) is 3.68. The molecule has 0 heterocycles. The Morgan fingerprint density at radius 3 is 2.69 bits per heavy atom. The van der Waals surface area contributed by atoms with E-state index in [1.807, 2.05) is 6.92 Å². The molecule has 0 N–H and O–H groups in total. The van der Waals surface area contributed by atoms with Crippen LogP contribution < -0.4 is 0 Å². The van der Waals surface area contributed by atoms with Gasteiger partial charge in [0.1, 0.15) is 0 Å². The average molecular weight is 170 g/mol. The van der Waals surface area contributed by atoms with Gasteiger partial charge in [0, 0.05) is 5.56 Å². The second-order valence-electron chi connectivity index (χ2n) is 2.78. The monoisotopic (exact) mass is 170 g/mol. The first kappa shape index (κ1) is 9.21. The summed E-state index contributed by atoms with van der Waals surface area (Å²) in [4.78, 5) is 3.85. The number of hydrogen-bond acceptors (Lipinski definition) is 2. The standard InChI is InChI=1S/C11H10N2/c1-8(2)10-6-9(7-12)4-5-11(10)13-3/h4-6H,1,3H2,2H3. The van der Waals surface area contributed by atoms with E-state index in [2.05, 4.69) is 24.4 Å². The summed E-state index contributed by atoms with van der Waals surface area (Å²) in [5, 5.41) is 8.68. The number of benzene rings is 1. The number of allylic oxidation sites excluding steroid dienone is 1. The Hall–Kier alpha value is -1.88. The lowest BCUT2D eigenvalue weighted by molar-refractivity contribution is 1.44. The summed E-state index contributed by atoms with van der Waals surface area (Å²) < 4.78 is 0. The zero-order valence-corrected chi connectivity index (χ0v) is 7.54. The van der Waals surface area contributed by atoms with Gasteiger partial charge in [0.05, 0.1) is 17.3 Å². The van der Waals surface area contributed by atoms with E-state index in [0.29, 0.717) is 5.56 Å². The van der Waals surface area contributed by atoms with Gasteiger partial charge >= 0.3 is 0 Å². The number of aliphatic imine (C=N–C) groups is 1. The Balaban J connectivity index is 3.36. The molecular formula is C11H10N2. The molecule has 0 aliphatic carbocycles. The fourth-order valence-electron chi connectivity index (χ4n) is 1.09. The highest BCUT2D eigenvalue weighted by Crippen LogP contribution is 2.25. The number of nitriles is 1. The lowest BCUT2D eigenvalue weighted by Gasteiger charge is -2.04. The first-order valence-electron chi connectivity index (χ1n) is 3.86. The molecule has 0 atom stereocenters. The van der Waals surface area contributed by atoms with Gasteiger partial charge in [-0.15, -0.1) is 0 Å². The van der Waals surface area contributed by atoms with E-state index in [-0.39, 0.29) is 0 Å². The molecule has 0 aliphatic rings. The van der Waals surface area contributed by atoms with E-state index >= 15 is 0 Å². The number of hydrogen-bond donors (Lipinski definition) is 0. The fraction of sp³-hybridized carbons (Fsp3) is 0.0909. The van der Waals surface area contributed by atoms with E-state index in [4.69, 9.17) is 5.26 Å². The maximum atomic E-state index is 8.68. The molecule has 0 amide bonds. The zero-order valence-electron chi connectivity index (χ0n) is 7.54. The summed E-state index contributed by atoms with van der Waals surface area (Å²) in [6, 6.07) is 7.33. The van der Waals surface area contributed by atoms with Crippen LogP contribution in [0.3, 0.4) is 0 Å². The van der Waals surface area contributed by atoms with Crippen LogP contribution in [0.2, 0.25) is 0 Å². The van der Waals surface area contributed by atoms with Gasteiger partial charge in [0.25, 0.3) is 0 Å². The van der Waals surface area contributed by atoms with Gasteiger partial charge in [-0.3, -0.25) is 4.99 Å². The molecular weight excluding hydrogens is 160 g/mol. The third kappa shape index (κ3) is 1.83. The SMILES string of the molecule is C=Nc1ccc(C#N)cc1C(=C)C. The van der Waals surface area contributed by atoms with Gasteiger partial charge in [-0.05, 0) is 37.4 Å². The lowest BCUT2D eigenvalue weighted by atomic mass is 10.0. The predicted octanol–water partition coefficient (Wildman–Crippen LogP) is 2.92. The molecule has 13 heavy (non-hydrogen) atoms. The summed E-state index contributed by atoms with van der Waals surface area (Å²) in [6.07, 6.45) is 0. The van der Waals surface area contributed by atoms with Crippen LogP contribution in [0, 0.1) is 11.3 Å². The molecule has 0 fully saturated rings. The molecule has 2 nitrogen and oxygen atoms in total. The van der Waals surface area contributed by atoms with Crippen molar-refractivity contribution in [3.8, 4) is 6.07 Å². The average Bonchev–Trinajstić information content (AvgIpc) is 2.16. The van der Waals surface area contributed by atoms with Crippen molar-refractivity contribution in [1.29, 1.82) is 5.26 Å². The molecule has 0 saturated carbocycles. The molecule has 0 saturated heterocycles. The van der Waals surface area contributed by atoms with Crippen LogP contribution >= 0.6 is 0 Å². The van der Waals surface area contributed by atoms with Crippen molar-refractivity contribution < 1.29 is 0 Å². The quantitative estimate of drug-likeness (QED) is 0.628. The molecule has 2 heteroatoms. The minimum atomic E-state index is 0.616. The second-order valence-corrected chi connectivity index (χ2v) is 2.78. The van der Waals surface area contributed by atoms with Crippen molar-refractivity contribution in [1.82, 2.24) is 0 Å². The van der Waals surface area contributed by atoms with Gasteiger partial charge in [0.15, 0.2) is 0 Å². The van der Waals surface area contributed by atoms with Crippen LogP contribution in [0.1, 0.15) is 18.1 Å². The summed E-state index contributed by atoms with van der Waals surface area (Å²) in [7, 11) is 0. The largest absolute Gasteiger partial charge is 0.264 e. The molecule has 64 valence electrons. The van der Waals surface area contributed by atoms with Gasteiger partial charge in [-0.1, -0.05) is 6.58 Å². The first-order valence-corrected chi connectivity index (χ1v) is 3.86. The predicted molar refractivity (Wildman–Crippen MR) is 55.1 cm³/mol. The van der Waals surface area contributed by atoms with Crippen LogP contribution in [0.5, 0.6) is 0 Å². The molecule has 0 radical (unpaired) electrons. The van der Waals surface area contributed by atoms with Crippen molar-refractivity contribution >= 4 is 18.0 Å². The third-order valence-corrected chi connectivity index (χ3v) is 1.76. The number of rotatable bonds is 2. The Labute approximate surface area is 77.9 Å². The maximum absolute atomic E-state index is 8.68. The highest BCUT2D eigenvalue weighted by Gasteiger charge is 2.02. The summed E-state index contributed by atoms with van der Waals surface area (Å²) in [5.74, 6) is 0. The summed E-state index contributed by atoms with van der Waals surface area (Å²) in [6.45, 7) is 9.15. The molecule has 1 rings (SSSR count). The molecule has 0 spiro atoms. The summed E-state index contributed by atoms with van der Waals surface area (Å²) in [5.41, 5.74) is 3.16. The molecule has 1 aromatic carbocycles. The van der Waals surface area contributed by atoms with Crippen LogP contribution in [0.15, 0.2) is 29.8 Å². The van der Waals surface area contributed by atoms with Gasteiger partial charge in [0.2, 0.25) is 0 Å². The maximum Gasteiger partial charge on any atom is 0.0991 e. The van der Waals surface area contributed by atoms with Crippen LogP contribution in [-0.4, -0.2) is 6.72 Å². The van der Waals surface area contributed by atoms with E-state index in [0.717, 1.165) is 16.8 Å². The zero-order chi connectivity index (χ0) is 9.84. The Morgan fingerprint density at radius 2 is 2.23 bits per heavy atom. The topological polar surface area (TPSA) is 36.1 Å². The fourth-order valence-corrected chi connectivity index (χ4v) is 1.09. The highest BCUT2D eigenvalue weighted by molar-refractivity contribution is 5.74. The van der Waals surface area contributed by atoms with Crippen molar-refractivity contribution in [3.05, 3.63) is 35.9 Å². The smallest absolute Gasteiger partial charge is 0.0991 e. The Kier molecular flexibility index (Phi) is 2.61. The van der Waals surface area contributed by atoms with Gasteiger partial charge < -0.3 is 0 Å². The van der Waals surface area contributed by atoms with Crippen LogP contribution in [0.4, 0.5) is 5.69 Å². The van der Waals surface area contributed by atoms with Crippen molar-refractivity contribution in [2.24, 2.45) is 4.99 Å². The van der Waals surface area contributed by atoms with Crippen molar-refractivity contribution in [2.45, 2.75) is 6.92 Å². The molecule has 0 aromatic heterocycles. The van der Waals surface area contributed by atoms with Crippen LogP contribution in [0.25, 0.3) is 5.57 Å². The lowest BCUT2D eigenvalue weighted by Crippen LogP contribution is -1.82. The van der Waals surface area contributed by atoms with E-state index in [1.165, 1.54) is 0 Å². The van der Waals surface area contributed by atoms with Crippen LogP contribution in [-0.2, 0) is 0 Å². The number of nitrogens with zero attached hydrogens (tertiary/aromatic N) is 2. The van der Waals surface area contributed by atoms with Crippen molar-refractivity contribution in [2.75, 3.05) is 0 Å². The van der Waals surface area contributed by atoms with E-state index < -0.39 is 0 Å². The van der Waals surface area contributed by atoms with Crippen molar-refractivity contribution in [3.63, 3.8) is 0 Å². The third-order valence-electron chi connectivity index (χ3n) is 1.76. The Morgan fingerprint density at radius 1 is 1.54 bits per heavy atom. The highest BCUT2D eigenvalue weighted by atomic mass is 14.7. The first-order chi connectivity index (χ1) is 6.19. The molecule has 0 unspecified atom stereocenters. The van der Waals surface area contributed by atoms with E-state index in [1.54, 1.807) is 18.2 Å². The Bertz CT molecular complexity index is 397. The summed E-state index contributed by atoms with van der Waals surface area (Å²) >= 11 is 0. The molecule has 1 aromatic rings. The van der Waals surface area contributed by atoms with Gasteiger partial charge in [-0.2, -0.15) is 5.26 Å². The normalized spacial score (nSPS) is 8.92. The minimum Gasteiger partial charge on any atom is -0.264 e. The minimum absolute atomic E-state index is 0.616. The molecule has 0 aliphatic heterocycles. The van der Waals surface area contributed by atoms with Gasteiger partial charge in [-0.25, -0.2) is 0 Å². The molecule has 0 bridgehead atoms. The van der Waals surface area contributed by atoms with E-state index in [9.17, 15) is 0 Å².